The number of carbonyl (C=O) groups is 3. The van der Waals surface area contributed by atoms with Crippen LogP contribution in [0.15, 0.2) is 66.7 Å². The molecule has 7 nitrogen and oxygen atoms in total. The van der Waals surface area contributed by atoms with Gasteiger partial charge in [-0.3, -0.25) is 24.7 Å². The first-order valence-electron chi connectivity index (χ1n) is 10.7. The third-order valence-electron chi connectivity index (χ3n) is 5.52. The summed E-state index contributed by atoms with van der Waals surface area (Å²) in [5.74, 6) is -0.807. The molecule has 0 spiro atoms. The van der Waals surface area contributed by atoms with Crippen molar-refractivity contribution in [1.29, 1.82) is 0 Å². The van der Waals surface area contributed by atoms with Gasteiger partial charge < -0.3 is 4.74 Å². The molecule has 1 N–H and O–H groups in total. The molecule has 0 atom stereocenters. The fourth-order valence-corrected chi connectivity index (χ4v) is 3.71. The minimum atomic E-state index is -0.897. The van der Waals surface area contributed by atoms with Crippen LogP contribution in [0.5, 0.6) is 11.5 Å². The second-order valence-electron chi connectivity index (χ2n) is 8.28. The summed E-state index contributed by atoms with van der Waals surface area (Å²) in [4.78, 5) is 38.1. The molecule has 0 aliphatic carbocycles. The van der Waals surface area contributed by atoms with E-state index in [2.05, 4.69) is 4.90 Å². The van der Waals surface area contributed by atoms with Gasteiger partial charge in [-0.2, -0.15) is 0 Å². The number of halogens is 1. The summed E-state index contributed by atoms with van der Waals surface area (Å²) < 4.78 is 18.8. The molecule has 4 rings (SSSR count). The number of urea groups is 1. The van der Waals surface area contributed by atoms with Crippen LogP contribution in [0.1, 0.15) is 22.3 Å². The number of hydrogen-bond acceptors (Lipinski definition) is 5. The Morgan fingerprint density at radius 2 is 1.50 bits per heavy atom. The monoisotopic (exact) mass is 461 g/mol. The number of amides is 4. The molecule has 1 aliphatic rings. The lowest BCUT2D eigenvalue weighted by Gasteiger charge is -2.20. The van der Waals surface area contributed by atoms with Crippen molar-refractivity contribution in [2.75, 3.05) is 7.05 Å². The molecule has 0 bridgehead atoms. The number of rotatable bonds is 8. The van der Waals surface area contributed by atoms with Crippen molar-refractivity contribution in [3.05, 3.63) is 94.8 Å². The van der Waals surface area contributed by atoms with Crippen LogP contribution in [0.4, 0.5) is 9.18 Å². The Morgan fingerprint density at radius 1 is 0.882 bits per heavy atom. The van der Waals surface area contributed by atoms with Crippen molar-refractivity contribution < 1.29 is 23.5 Å². The number of carbonyl (C=O) groups excluding carboxylic acids is 3. The van der Waals surface area contributed by atoms with Gasteiger partial charge in [0.05, 0.1) is 6.54 Å². The van der Waals surface area contributed by atoms with Gasteiger partial charge in [-0.15, -0.1) is 0 Å². The molecule has 3 aromatic carbocycles. The Hall–Kier alpha value is -4.04. The van der Waals surface area contributed by atoms with Gasteiger partial charge in [-0.05, 0) is 72.6 Å². The minimum Gasteiger partial charge on any atom is -0.457 e. The van der Waals surface area contributed by atoms with Crippen LogP contribution in [-0.4, -0.2) is 34.7 Å². The highest BCUT2D eigenvalue weighted by molar-refractivity contribution is 6.44. The van der Waals surface area contributed by atoms with E-state index in [1.165, 1.54) is 12.1 Å². The lowest BCUT2D eigenvalue weighted by Crippen LogP contribution is -2.30. The van der Waals surface area contributed by atoms with Crippen LogP contribution in [0.2, 0.25) is 0 Å². The van der Waals surface area contributed by atoms with Crippen molar-refractivity contribution in [2.24, 2.45) is 0 Å². The average molecular weight is 461 g/mol. The average Bonchev–Trinajstić information content (AvgIpc) is 3.04. The highest BCUT2D eigenvalue weighted by Gasteiger charge is 2.36. The summed E-state index contributed by atoms with van der Waals surface area (Å²) in [6.45, 7) is 3.41. The molecule has 34 heavy (non-hydrogen) atoms. The van der Waals surface area contributed by atoms with Crippen LogP contribution >= 0.6 is 0 Å². The molecule has 0 unspecified atom stereocenters. The molecule has 4 amide bonds. The lowest BCUT2D eigenvalue weighted by molar-refractivity contribution is -0.140. The second kappa shape index (κ2) is 9.84. The maximum Gasteiger partial charge on any atom is 0.331 e. The Balaban J connectivity index is 1.37. The Labute approximate surface area is 196 Å². The maximum atomic E-state index is 13.0. The number of nitrogens with zero attached hydrogens (tertiary/aromatic N) is 2. The first-order chi connectivity index (χ1) is 16.3. The van der Waals surface area contributed by atoms with Crippen molar-refractivity contribution >= 4 is 17.8 Å². The van der Waals surface area contributed by atoms with E-state index in [1.807, 2.05) is 61.8 Å². The van der Waals surface area contributed by atoms with Crippen molar-refractivity contribution in [2.45, 2.75) is 26.6 Å². The number of imide groups is 2. The fraction of sp³-hybridized carbons (Fsp3) is 0.192. The first-order valence-corrected chi connectivity index (χ1v) is 10.7. The van der Waals surface area contributed by atoms with Gasteiger partial charge in [-0.25, -0.2) is 9.18 Å². The van der Waals surface area contributed by atoms with Gasteiger partial charge in [0.15, 0.2) is 0 Å². The topological polar surface area (TPSA) is 79.0 Å². The van der Waals surface area contributed by atoms with Crippen molar-refractivity contribution in [3.63, 3.8) is 0 Å². The maximum absolute atomic E-state index is 13.0. The van der Waals surface area contributed by atoms with E-state index in [-0.39, 0.29) is 12.4 Å². The molecule has 8 heteroatoms. The summed E-state index contributed by atoms with van der Waals surface area (Å²) in [6.07, 6.45) is 0. The Bertz CT molecular complexity index is 1230. The first kappa shape index (κ1) is 23.1. The predicted octanol–water partition coefficient (Wildman–Crippen LogP) is 4.14. The van der Waals surface area contributed by atoms with E-state index < -0.39 is 17.8 Å². The number of ether oxygens (including phenoxy) is 1. The molecule has 1 aliphatic heterocycles. The standard InChI is InChI=1S/C26H24FN3O4/c1-17-3-4-19(15-30-25(32)24(31)28-26(30)33)13-20(17)16-29(2)14-18-5-9-22(10-6-18)34-23-11-7-21(27)8-12-23/h3-13H,14-16H2,1-2H3,(H,28,31,33). The van der Waals surface area contributed by atoms with Gasteiger partial charge in [0.2, 0.25) is 0 Å². The third kappa shape index (κ3) is 5.47. The highest BCUT2D eigenvalue weighted by Crippen LogP contribution is 2.23. The number of aryl methyl sites for hydroxylation is 1. The number of benzene rings is 3. The van der Waals surface area contributed by atoms with Gasteiger partial charge in [0, 0.05) is 13.1 Å². The zero-order valence-corrected chi connectivity index (χ0v) is 18.9. The minimum absolute atomic E-state index is 0.0446. The summed E-state index contributed by atoms with van der Waals surface area (Å²) in [5.41, 5.74) is 4.02. The zero-order chi connectivity index (χ0) is 24.2. The SMILES string of the molecule is Cc1ccc(CN2C(=O)NC(=O)C2=O)cc1CN(C)Cc1ccc(Oc2ccc(F)cc2)cc1. The summed E-state index contributed by atoms with van der Waals surface area (Å²) >= 11 is 0. The third-order valence-corrected chi connectivity index (χ3v) is 5.52. The molecule has 174 valence electrons. The Morgan fingerprint density at radius 3 is 2.12 bits per heavy atom. The molecule has 1 heterocycles. The van der Waals surface area contributed by atoms with Crippen molar-refractivity contribution in [3.8, 4) is 11.5 Å². The number of hydrogen-bond donors (Lipinski definition) is 1. The molecule has 0 saturated carbocycles. The summed E-state index contributed by atoms with van der Waals surface area (Å²) in [6, 6.07) is 18.6. The van der Waals surface area contributed by atoms with Gasteiger partial charge in [0.25, 0.3) is 0 Å². The second-order valence-corrected chi connectivity index (χ2v) is 8.28. The van der Waals surface area contributed by atoms with Crippen LogP contribution in [0.25, 0.3) is 0 Å². The van der Waals surface area contributed by atoms with Crippen LogP contribution in [0, 0.1) is 12.7 Å². The lowest BCUT2D eigenvalue weighted by atomic mass is 10.0. The van der Waals surface area contributed by atoms with Crippen LogP contribution in [0.3, 0.4) is 0 Å². The van der Waals surface area contributed by atoms with Crippen LogP contribution in [-0.2, 0) is 29.2 Å². The van der Waals surface area contributed by atoms with E-state index in [9.17, 15) is 18.8 Å². The predicted molar refractivity (Wildman–Crippen MR) is 123 cm³/mol. The van der Waals surface area contributed by atoms with Gasteiger partial charge in [0.1, 0.15) is 17.3 Å². The molecule has 3 aromatic rings. The smallest absolute Gasteiger partial charge is 0.331 e. The van der Waals surface area contributed by atoms with Gasteiger partial charge in [-0.1, -0.05) is 30.3 Å². The fourth-order valence-electron chi connectivity index (χ4n) is 3.71. The van der Waals surface area contributed by atoms with E-state index in [4.69, 9.17) is 4.74 Å². The zero-order valence-electron chi connectivity index (χ0n) is 18.9. The Kier molecular flexibility index (Phi) is 6.70. The molecule has 1 fully saturated rings. The van der Waals surface area contributed by atoms with Gasteiger partial charge >= 0.3 is 17.8 Å². The van der Waals surface area contributed by atoms with E-state index in [0.717, 1.165) is 27.2 Å². The van der Waals surface area contributed by atoms with Crippen LogP contribution < -0.4 is 10.1 Å². The normalized spacial score (nSPS) is 13.5. The molecule has 0 radical (unpaired) electrons. The summed E-state index contributed by atoms with van der Waals surface area (Å²) in [7, 11) is 2.01. The molecular formula is C26H24FN3O4. The van der Waals surface area contributed by atoms with E-state index in [1.54, 1.807) is 12.1 Å². The summed E-state index contributed by atoms with van der Waals surface area (Å²) in [5, 5.41) is 2.01. The quantitative estimate of drug-likeness (QED) is 0.403. The van der Waals surface area contributed by atoms with E-state index >= 15 is 0 Å². The number of nitrogens with one attached hydrogen (secondary N) is 1. The highest BCUT2D eigenvalue weighted by atomic mass is 19.1. The van der Waals surface area contributed by atoms with E-state index in [0.29, 0.717) is 24.6 Å². The molecule has 1 saturated heterocycles. The molecule has 0 aromatic heterocycles. The van der Waals surface area contributed by atoms with Crippen molar-refractivity contribution in [1.82, 2.24) is 15.1 Å². The largest absolute Gasteiger partial charge is 0.457 e. The molecular weight excluding hydrogens is 437 g/mol.